The van der Waals surface area contributed by atoms with E-state index in [1.54, 1.807) is 12.3 Å². The number of nitrogens with zero attached hydrogens (tertiary/aromatic N) is 3. The molecule has 0 aliphatic carbocycles. The van der Waals surface area contributed by atoms with Crippen LogP contribution in [0, 0.1) is 5.82 Å². The van der Waals surface area contributed by atoms with Gasteiger partial charge in [0.15, 0.2) is 5.11 Å². The molecular weight excluding hydrogens is 509 g/mol. The first kappa shape index (κ1) is 24.8. The van der Waals surface area contributed by atoms with E-state index in [1.165, 1.54) is 12.1 Å². The second-order valence-corrected chi connectivity index (χ2v) is 9.81. The van der Waals surface area contributed by atoms with Gasteiger partial charge in [-0.15, -0.1) is 0 Å². The Morgan fingerprint density at radius 3 is 2.64 bits per heavy atom. The van der Waals surface area contributed by atoms with E-state index in [1.807, 2.05) is 94.5 Å². The summed E-state index contributed by atoms with van der Waals surface area (Å²) < 4.78 is 16.1. The lowest BCUT2D eigenvalue weighted by Crippen LogP contribution is -2.33. The van der Waals surface area contributed by atoms with Crippen molar-refractivity contribution in [3.8, 4) is 5.69 Å². The Balaban J connectivity index is 1.29. The molecule has 5 aromatic rings. The Morgan fingerprint density at radius 1 is 0.974 bits per heavy atom. The van der Waals surface area contributed by atoms with Crippen LogP contribution in [0.25, 0.3) is 16.5 Å². The first-order valence-corrected chi connectivity index (χ1v) is 13.2. The molecule has 6 rings (SSSR count). The summed E-state index contributed by atoms with van der Waals surface area (Å²) in [7, 11) is 0. The van der Waals surface area contributed by atoms with Gasteiger partial charge in [0.2, 0.25) is 5.91 Å². The number of fused-ring (bicyclic) bond motifs is 1. The van der Waals surface area contributed by atoms with Gasteiger partial charge >= 0.3 is 0 Å². The maximum atomic E-state index is 14.1. The summed E-state index contributed by atoms with van der Waals surface area (Å²) in [6.45, 7) is 0.394. The van der Waals surface area contributed by atoms with Crippen LogP contribution < -0.4 is 10.6 Å². The summed E-state index contributed by atoms with van der Waals surface area (Å²) in [4.78, 5) is 19.7. The number of anilines is 1. The summed E-state index contributed by atoms with van der Waals surface area (Å²) >= 11 is 5.78. The largest absolute Gasteiger partial charge is 0.352 e. The highest BCUT2D eigenvalue weighted by atomic mass is 32.1. The zero-order valence-electron chi connectivity index (χ0n) is 21.0. The van der Waals surface area contributed by atoms with Crippen molar-refractivity contribution < 1.29 is 9.18 Å². The topological polar surface area (TPSA) is 62.2 Å². The molecule has 0 unspecified atom stereocenters. The van der Waals surface area contributed by atoms with Crippen molar-refractivity contribution in [1.82, 2.24) is 19.8 Å². The average Bonchev–Trinajstić information content (AvgIpc) is 3.57. The quantitative estimate of drug-likeness (QED) is 0.244. The van der Waals surface area contributed by atoms with Crippen LogP contribution in [0.2, 0.25) is 0 Å². The van der Waals surface area contributed by atoms with Crippen molar-refractivity contribution in [1.29, 1.82) is 0 Å². The number of aromatic nitrogens is 2. The third-order valence-corrected chi connectivity index (χ3v) is 7.36. The average molecular weight is 536 g/mol. The zero-order chi connectivity index (χ0) is 26.8. The minimum Gasteiger partial charge on any atom is -0.352 e. The Kier molecular flexibility index (Phi) is 6.77. The van der Waals surface area contributed by atoms with Crippen molar-refractivity contribution in [2.45, 2.75) is 18.5 Å². The van der Waals surface area contributed by atoms with Gasteiger partial charge in [-0.05, 0) is 66.1 Å². The third kappa shape index (κ3) is 4.98. The third-order valence-electron chi connectivity index (χ3n) is 7.01. The molecule has 39 heavy (non-hydrogen) atoms. The van der Waals surface area contributed by atoms with Crippen LogP contribution in [0.1, 0.15) is 29.9 Å². The van der Waals surface area contributed by atoms with Crippen LogP contribution in [0.4, 0.5) is 10.1 Å². The van der Waals surface area contributed by atoms with E-state index in [-0.39, 0.29) is 30.2 Å². The molecular formula is C31H26FN5OS. The van der Waals surface area contributed by atoms with E-state index < -0.39 is 0 Å². The van der Waals surface area contributed by atoms with Crippen LogP contribution in [-0.4, -0.2) is 32.0 Å². The lowest BCUT2D eigenvalue weighted by Gasteiger charge is -2.29. The predicted octanol–water partition coefficient (Wildman–Crippen LogP) is 6.17. The van der Waals surface area contributed by atoms with Crippen LogP contribution in [0.15, 0.2) is 109 Å². The SMILES string of the molecule is O=C(CCN1C(=S)N[C@@H](c2ccccn2)[C@@H]1c1cccn1-c1cccc(F)c1)Nc1cccc2ccccc12. The number of halogens is 1. The normalized spacial score (nSPS) is 16.8. The number of thiocarbonyl (C=S) groups is 1. The first-order valence-electron chi connectivity index (χ1n) is 12.8. The molecule has 0 saturated carbocycles. The summed E-state index contributed by atoms with van der Waals surface area (Å²) in [6.07, 6.45) is 3.90. The molecule has 0 radical (unpaired) electrons. The van der Waals surface area contributed by atoms with Gasteiger partial charge in [0, 0.05) is 47.8 Å². The Morgan fingerprint density at radius 2 is 1.79 bits per heavy atom. The standard InChI is InChI=1S/C31H26FN5OS/c32-22-10-6-11-23(20-22)36-18-7-15-27(36)30-29(26-13-3-4-17-33-26)35-31(39)37(30)19-16-28(38)34-25-14-5-9-21-8-1-2-12-24(21)25/h1-15,17-18,20,29-30H,16,19H2,(H,34,38)(H,35,39)/t29-,30-/m0/s1. The second kappa shape index (κ2) is 10.7. The van der Waals surface area contributed by atoms with Crippen LogP contribution in [0.3, 0.4) is 0 Å². The number of hydrogen-bond acceptors (Lipinski definition) is 3. The lowest BCUT2D eigenvalue weighted by atomic mass is 10.0. The number of carbonyl (C=O) groups is 1. The fourth-order valence-corrected chi connectivity index (χ4v) is 5.57. The number of hydrogen-bond donors (Lipinski definition) is 2. The van der Waals surface area contributed by atoms with Gasteiger partial charge < -0.3 is 20.1 Å². The minimum atomic E-state index is -0.310. The van der Waals surface area contributed by atoms with Gasteiger partial charge in [-0.1, -0.05) is 48.5 Å². The number of nitrogens with one attached hydrogen (secondary N) is 2. The number of rotatable bonds is 7. The highest BCUT2D eigenvalue weighted by molar-refractivity contribution is 7.80. The van der Waals surface area contributed by atoms with Crippen molar-refractivity contribution in [2.75, 3.05) is 11.9 Å². The molecule has 0 bridgehead atoms. The number of pyridine rings is 1. The van der Waals surface area contributed by atoms with E-state index in [0.717, 1.165) is 27.8 Å². The van der Waals surface area contributed by atoms with E-state index in [4.69, 9.17) is 12.2 Å². The first-order chi connectivity index (χ1) is 19.1. The van der Waals surface area contributed by atoms with E-state index in [2.05, 4.69) is 15.6 Å². The molecule has 2 N–H and O–H groups in total. The summed E-state index contributed by atoms with van der Waals surface area (Å²) in [5, 5.41) is 9.10. The molecule has 1 aliphatic heterocycles. The smallest absolute Gasteiger partial charge is 0.226 e. The highest BCUT2D eigenvalue weighted by Gasteiger charge is 2.41. The molecule has 1 amide bonds. The molecule has 1 saturated heterocycles. The molecule has 8 heteroatoms. The molecule has 3 aromatic carbocycles. The molecule has 1 aliphatic rings. The number of carbonyl (C=O) groups excluding carboxylic acids is 1. The molecule has 6 nitrogen and oxygen atoms in total. The summed E-state index contributed by atoms with van der Waals surface area (Å²) in [5.41, 5.74) is 3.24. The summed E-state index contributed by atoms with van der Waals surface area (Å²) in [5.74, 6) is -0.412. The van der Waals surface area contributed by atoms with Crippen LogP contribution in [0.5, 0.6) is 0 Å². The Labute approximate surface area is 231 Å². The van der Waals surface area contributed by atoms with Gasteiger partial charge in [-0.2, -0.15) is 0 Å². The van der Waals surface area contributed by atoms with Crippen LogP contribution in [-0.2, 0) is 4.79 Å². The van der Waals surface area contributed by atoms with Crippen molar-refractivity contribution >= 4 is 39.7 Å². The fourth-order valence-electron chi connectivity index (χ4n) is 5.23. The molecule has 194 valence electrons. The van der Waals surface area contributed by atoms with E-state index in [0.29, 0.717) is 17.3 Å². The van der Waals surface area contributed by atoms with Crippen molar-refractivity contribution in [2.24, 2.45) is 0 Å². The summed E-state index contributed by atoms with van der Waals surface area (Å²) in [6, 6.07) is 29.5. The Hall–Kier alpha value is -4.56. The number of benzene rings is 3. The maximum absolute atomic E-state index is 14.1. The monoisotopic (exact) mass is 535 g/mol. The van der Waals surface area contributed by atoms with Gasteiger partial charge in [-0.25, -0.2) is 4.39 Å². The van der Waals surface area contributed by atoms with Crippen molar-refractivity contribution in [3.63, 3.8) is 0 Å². The minimum absolute atomic E-state index is 0.102. The Bertz CT molecular complexity index is 1650. The second-order valence-electron chi connectivity index (χ2n) is 9.43. The lowest BCUT2D eigenvalue weighted by molar-refractivity contribution is -0.116. The van der Waals surface area contributed by atoms with Gasteiger partial charge in [0.25, 0.3) is 0 Å². The molecule has 0 spiro atoms. The molecule has 3 heterocycles. The molecule has 2 atom stereocenters. The highest BCUT2D eigenvalue weighted by Crippen LogP contribution is 2.39. The zero-order valence-corrected chi connectivity index (χ0v) is 21.8. The number of amides is 1. The van der Waals surface area contributed by atoms with Gasteiger partial charge in [0.05, 0.1) is 17.8 Å². The van der Waals surface area contributed by atoms with Crippen molar-refractivity contribution in [3.05, 3.63) is 127 Å². The van der Waals surface area contributed by atoms with E-state index in [9.17, 15) is 9.18 Å². The van der Waals surface area contributed by atoms with E-state index >= 15 is 0 Å². The van der Waals surface area contributed by atoms with Crippen LogP contribution >= 0.6 is 12.2 Å². The van der Waals surface area contributed by atoms with Gasteiger partial charge in [0.1, 0.15) is 5.82 Å². The fraction of sp³-hybridized carbons (Fsp3) is 0.129. The molecule has 2 aromatic heterocycles. The molecule has 1 fully saturated rings. The maximum Gasteiger partial charge on any atom is 0.226 e. The van der Waals surface area contributed by atoms with Gasteiger partial charge in [-0.3, -0.25) is 9.78 Å². The predicted molar refractivity (Wildman–Crippen MR) is 155 cm³/mol.